The number of ether oxygens (including phenoxy) is 1. The largest absolute Gasteiger partial charge is 0.481 e. The number of amides is 1. The fourth-order valence-corrected chi connectivity index (χ4v) is 2.32. The van der Waals surface area contributed by atoms with Gasteiger partial charge in [0.25, 0.3) is 5.91 Å². The van der Waals surface area contributed by atoms with Gasteiger partial charge in [0, 0.05) is 0 Å². The summed E-state index contributed by atoms with van der Waals surface area (Å²) in [5.74, 6) is 0.896. The normalized spacial score (nSPS) is 13.5. The van der Waals surface area contributed by atoms with Crippen LogP contribution < -0.4 is 10.1 Å². The molecule has 2 atom stereocenters. The van der Waals surface area contributed by atoms with Crippen LogP contribution in [0.25, 0.3) is 0 Å². The predicted molar refractivity (Wildman–Crippen MR) is 88.7 cm³/mol. The third-order valence-electron chi connectivity index (χ3n) is 3.55. The Morgan fingerprint density at radius 3 is 2.00 bits per heavy atom. The van der Waals surface area contributed by atoms with Gasteiger partial charge in [0.1, 0.15) is 5.75 Å². The van der Waals surface area contributed by atoms with Crippen molar-refractivity contribution < 1.29 is 9.53 Å². The Morgan fingerprint density at radius 2 is 1.45 bits per heavy atom. The number of rotatable bonds is 6. The zero-order valence-electron chi connectivity index (χ0n) is 13.3. The second kappa shape index (κ2) is 7.64. The van der Waals surface area contributed by atoms with Crippen LogP contribution in [-0.2, 0) is 4.79 Å². The van der Waals surface area contributed by atoms with Crippen LogP contribution in [0.4, 0.5) is 0 Å². The third kappa shape index (κ3) is 4.35. The van der Waals surface area contributed by atoms with Crippen LogP contribution in [0.1, 0.15) is 32.4 Å². The topological polar surface area (TPSA) is 38.3 Å². The molecular weight excluding hydrogens is 274 g/mol. The van der Waals surface area contributed by atoms with E-state index < -0.39 is 6.10 Å². The van der Waals surface area contributed by atoms with E-state index in [2.05, 4.69) is 19.2 Å². The molecule has 1 N–H and O–H groups in total. The molecule has 116 valence electrons. The van der Waals surface area contributed by atoms with Gasteiger partial charge in [-0.2, -0.15) is 0 Å². The Balaban J connectivity index is 2.02. The molecule has 22 heavy (non-hydrogen) atoms. The summed E-state index contributed by atoms with van der Waals surface area (Å²) in [4.78, 5) is 12.4. The molecule has 2 aromatic carbocycles. The summed E-state index contributed by atoms with van der Waals surface area (Å²) in [7, 11) is 0. The highest BCUT2D eigenvalue weighted by molar-refractivity contribution is 5.81. The van der Waals surface area contributed by atoms with Crippen molar-refractivity contribution >= 4 is 5.91 Å². The molecule has 0 aliphatic heterocycles. The van der Waals surface area contributed by atoms with E-state index in [-0.39, 0.29) is 11.9 Å². The number of hydrogen-bond acceptors (Lipinski definition) is 2. The Labute approximate surface area is 132 Å². The van der Waals surface area contributed by atoms with Crippen molar-refractivity contribution in [2.24, 2.45) is 5.92 Å². The molecule has 0 spiro atoms. The lowest BCUT2D eigenvalue weighted by molar-refractivity contribution is -0.128. The van der Waals surface area contributed by atoms with E-state index in [1.54, 1.807) is 6.92 Å². The van der Waals surface area contributed by atoms with Gasteiger partial charge in [-0.15, -0.1) is 0 Å². The molecule has 2 unspecified atom stereocenters. The minimum Gasteiger partial charge on any atom is -0.481 e. The van der Waals surface area contributed by atoms with Gasteiger partial charge in [-0.05, 0) is 30.5 Å². The molecule has 0 fully saturated rings. The average Bonchev–Trinajstić information content (AvgIpc) is 2.53. The fourth-order valence-electron chi connectivity index (χ4n) is 2.32. The van der Waals surface area contributed by atoms with Crippen LogP contribution in [0, 0.1) is 5.92 Å². The SMILES string of the molecule is CC(Oc1ccccc1)C(=O)NC(c1ccccc1)C(C)C. The summed E-state index contributed by atoms with van der Waals surface area (Å²) in [5, 5.41) is 3.09. The van der Waals surface area contributed by atoms with E-state index in [1.807, 2.05) is 60.7 Å². The van der Waals surface area contributed by atoms with Crippen molar-refractivity contribution in [2.75, 3.05) is 0 Å². The standard InChI is InChI=1S/C19H23NO2/c1-14(2)18(16-10-6-4-7-11-16)20-19(21)15(3)22-17-12-8-5-9-13-17/h4-15,18H,1-3H3,(H,20,21). The maximum Gasteiger partial charge on any atom is 0.261 e. The molecule has 0 aliphatic carbocycles. The van der Waals surface area contributed by atoms with Gasteiger partial charge in [0.05, 0.1) is 6.04 Å². The van der Waals surface area contributed by atoms with Crippen LogP contribution in [0.5, 0.6) is 5.75 Å². The van der Waals surface area contributed by atoms with Crippen molar-refractivity contribution in [3.05, 3.63) is 66.2 Å². The minimum absolute atomic E-state index is 0.0180. The highest BCUT2D eigenvalue weighted by Gasteiger charge is 2.22. The number of hydrogen-bond donors (Lipinski definition) is 1. The number of nitrogens with one attached hydrogen (secondary N) is 1. The highest BCUT2D eigenvalue weighted by atomic mass is 16.5. The quantitative estimate of drug-likeness (QED) is 0.876. The van der Waals surface area contributed by atoms with Gasteiger partial charge in [0.15, 0.2) is 6.10 Å². The number of para-hydroxylation sites is 1. The zero-order valence-corrected chi connectivity index (χ0v) is 13.3. The molecule has 0 aromatic heterocycles. The van der Waals surface area contributed by atoms with Crippen LogP contribution in [0.15, 0.2) is 60.7 Å². The van der Waals surface area contributed by atoms with E-state index in [0.29, 0.717) is 11.7 Å². The first-order valence-electron chi connectivity index (χ1n) is 7.65. The Hall–Kier alpha value is -2.29. The fraction of sp³-hybridized carbons (Fsp3) is 0.316. The van der Waals surface area contributed by atoms with Crippen molar-refractivity contribution in [2.45, 2.75) is 32.9 Å². The molecule has 0 radical (unpaired) electrons. The molecule has 0 aliphatic rings. The minimum atomic E-state index is -0.535. The summed E-state index contributed by atoms with van der Waals surface area (Å²) >= 11 is 0. The number of benzene rings is 2. The van der Waals surface area contributed by atoms with Gasteiger partial charge in [-0.25, -0.2) is 0 Å². The maximum atomic E-state index is 12.4. The molecule has 0 saturated heterocycles. The zero-order chi connectivity index (χ0) is 15.9. The van der Waals surface area contributed by atoms with E-state index >= 15 is 0 Å². The van der Waals surface area contributed by atoms with Gasteiger partial charge in [-0.1, -0.05) is 62.4 Å². The lowest BCUT2D eigenvalue weighted by Crippen LogP contribution is -2.40. The number of carbonyl (C=O) groups is 1. The third-order valence-corrected chi connectivity index (χ3v) is 3.55. The second-order valence-electron chi connectivity index (χ2n) is 5.71. The molecule has 0 saturated carbocycles. The molecular formula is C19H23NO2. The first-order valence-corrected chi connectivity index (χ1v) is 7.65. The molecule has 3 nitrogen and oxygen atoms in total. The van der Waals surface area contributed by atoms with Crippen molar-refractivity contribution in [1.82, 2.24) is 5.32 Å². The van der Waals surface area contributed by atoms with Crippen molar-refractivity contribution in [3.63, 3.8) is 0 Å². The summed E-state index contributed by atoms with van der Waals surface area (Å²) in [6.07, 6.45) is -0.535. The van der Waals surface area contributed by atoms with Crippen molar-refractivity contribution in [3.8, 4) is 5.75 Å². The molecule has 2 rings (SSSR count). The van der Waals surface area contributed by atoms with E-state index in [9.17, 15) is 4.79 Å². The molecule has 1 amide bonds. The summed E-state index contributed by atoms with van der Waals surface area (Å²) in [6, 6.07) is 19.4. The average molecular weight is 297 g/mol. The lowest BCUT2D eigenvalue weighted by atomic mass is 9.96. The van der Waals surface area contributed by atoms with E-state index in [1.165, 1.54) is 0 Å². The van der Waals surface area contributed by atoms with Gasteiger partial charge in [-0.3, -0.25) is 4.79 Å². The van der Waals surface area contributed by atoms with E-state index in [4.69, 9.17) is 4.74 Å². The van der Waals surface area contributed by atoms with Gasteiger partial charge in [0.2, 0.25) is 0 Å². The summed E-state index contributed by atoms with van der Waals surface area (Å²) in [5.41, 5.74) is 1.11. The molecule has 0 heterocycles. The Morgan fingerprint density at radius 1 is 0.909 bits per heavy atom. The van der Waals surface area contributed by atoms with E-state index in [0.717, 1.165) is 5.56 Å². The van der Waals surface area contributed by atoms with Crippen LogP contribution in [-0.4, -0.2) is 12.0 Å². The maximum absolute atomic E-state index is 12.4. The smallest absolute Gasteiger partial charge is 0.261 e. The first kappa shape index (κ1) is 16.1. The molecule has 3 heteroatoms. The summed E-state index contributed by atoms with van der Waals surface area (Å²) in [6.45, 7) is 5.96. The molecule has 0 bridgehead atoms. The lowest BCUT2D eigenvalue weighted by Gasteiger charge is -2.25. The van der Waals surface area contributed by atoms with Gasteiger partial charge < -0.3 is 10.1 Å². The Bertz CT molecular complexity index is 581. The summed E-state index contributed by atoms with van der Waals surface area (Å²) < 4.78 is 5.68. The Kier molecular flexibility index (Phi) is 5.59. The van der Waals surface area contributed by atoms with Crippen LogP contribution in [0.3, 0.4) is 0 Å². The van der Waals surface area contributed by atoms with Gasteiger partial charge >= 0.3 is 0 Å². The van der Waals surface area contributed by atoms with Crippen LogP contribution >= 0.6 is 0 Å². The second-order valence-corrected chi connectivity index (χ2v) is 5.71. The monoisotopic (exact) mass is 297 g/mol. The predicted octanol–water partition coefficient (Wildman–Crippen LogP) is 3.97. The highest BCUT2D eigenvalue weighted by Crippen LogP contribution is 2.21. The first-order chi connectivity index (χ1) is 10.6. The van der Waals surface area contributed by atoms with Crippen LogP contribution in [0.2, 0.25) is 0 Å². The van der Waals surface area contributed by atoms with Crippen molar-refractivity contribution in [1.29, 1.82) is 0 Å². The number of carbonyl (C=O) groups excluding carboxylic acids is 1. The molecule has 2 aromatic rings.